The lowest BCUT2D eigenvalue weighted by Crippen LogP contribution is -2.12. The summed E-state index contributed by atoms with van der Waals surface area (Å²) in [5.74, 6) is 2.86. The summed E-state index contributed by atoms with van der Waals surface area (Å²) in [6.45, 7) is 6.64. The van der Waals surface area contributed by atoms with Gasteiger partial charge in [-0.2, -0.15) is 0 Å². The van der Waals surface area contributed by atoms with Crippen LogP contribution in [-0.4, -0.2) is 25.2 Å². The van der Waals surface area contributed by atoms with Gasteiger partial charge in [0.05, 0.1) is 18.8 Å². The number of carbonyl (C=O) groups is 2. The van der Waals surface area contributed by atoms with Gasteiger partial charge in [-0.25, -0.2) is 9.59 Å². The molecule has 0 saturated heterocycles. The number of rotatable bonds is 14. The molecule has 1 fully saturated rings. The van der Waals surface area contributed by atoms with E-state index in [1.165, 1.54) is 50.2 Å². The maximum atomic E-state index is 12.6. The van der Waals surface area contributed by atoms with E-state index >= 15 is 0 Å². The summed E-state index contributed by atoms with van der Waals surface area (Å²) in [4.78, 5) is 23.5. The van der Waals surface area contributed by atoms with E-state index in [4.69, 9.17) is 14.2 Å². The summed E-state index contributed by atoms with van der Waals surface area (Å²) in [6, 6.07) is 15.0. The molecule has 5 nitrogen and oxygen atoms in total. The lowest BCUT2D eigenvalue weighted by Gasteiger charge is -2.28. The molecule has 0 aliphatic heterocycles. The molecule has 1 aliphatic rings. The van der Waals surface area contributed by atoms with Crippen LogP contribution in [0.3, 0.4) is 0 Å². The lowest BCUT2D eigenvalue weighted by atomic mass is 9.77. The number of esters is 2. The number of unbranched alkanes of at least 4 members (excludes halogenated alkanes) is 3. The van der Waals surface area contributed by atoms with Crippen LogP contribution in [-0.2, 0) is 9.53 Å². The summed E-state index contributed by atoms with van der Waals surface area (Å²) in [5.41, 5.74) is 1.83. The van der Waals surface area contributed by atoms with Crippen LogP contribution in [0.15, 0.2) is 61.2 Å². The van der Waals surface area contributed by atoms with Crippen molar-refractivity contribution in [2.75, 3.05) is 13.2 Å². The van der Waals surface area contributed by atoms with Crippen molar-refractivity contribution in [1.29, 1.82) is 0 Å². The average molecular weight is 492 g/mol. The van der Waals surface area contributed by atoms with Crippen LogP contribution in [0.1, 0.15) is 93.0 Å². The Labute approximate surface area is 215 Å². The van der Waals surface area contributed by atoms with Gasteiger partial charge in [0.15, 0.2) is 0 Å². The quantitative estimate of drug-likeness (QED) is 0.118. The third kappa shape index (κ3) is 9.18. The average Bonchev–Trinajstić information content (AvgIpc) is 2.91. The molecule has 5 heteroatoms. The second-order valence-electron chi connectivity index (χ2n) is 9.39. The van der Waals surface area contributed by atoms with Crippen LogP contribution in [0.25, 0.3) is 0 Å². The first-order valence-corrected chi connectivity index (χ1v) is 13.3. The Balaban J connectivity index is 1.35. The molecule has 193 valence electrons. The van der Waals surface area contributed by atoms with Gasteiger partial charge in [0.1, 0.15) is 11.5 Å². The monoisotopic (exact) mass is 491 g/mol. The molecular weight excluding hydrogens is 452 g/mol. The van der Waals surface area contributed by atoms with Gasteiger partial charge in [-0.05, 0) is 112 Å². The van der Waals surface area contributed by atoms with Gasteiger partial charge in [0, 0.05) is 6.08 Å². The van der Waals surface area contributed by atoms with Crippen molar-refractivity contribution in [3.05, 3.63) is 78.2 Å². The van der Waals surface area contributed by atoms with Crippen molar-refractivity contribution in [2.45, 2.75) is 77.0 Å². The maximum Gasteiger partial charge on any atom is 0.343 e. The minimum absolute atomic E-state index is 0.372. The number of benzene rings is 2. The van der Waals surface area contributed by atoms with E-state index in [-0.39, 0.29) is 11.9 Å². The first-order valence-electron chi connectivity index (χ1n) is 13.3. The van der Waals surface area contributed by atoms with Crippen molar-refractivity contribution in [3.8, 4) is 11.5 Å². The van der Waals surface area contributed by atoms with E-state index in [0.717, 1.165) is 31.4 Å². The van der Waals surface area contributed by atoms with E-state index in [2.05, 4.69) is 25.6 Å². The molecule has 1 saturated carbocycles. The molecule has 0 spiro atoms. The predicted molar refractivity (Wildman–Crippen MR) is 142 cm³/mol. The van der Waals surface area contributed by atoms with Gasteiger partial charge in [-0.3, -0.25) is 0 Å². The van der Waals surface area contributed by atoms with Crippen molar-refractivity contribution in [2.24, 2.45) is 0 Å². The fourth-order valence-corrected chi connectivity index (χ4v) is 4.60. The van der Waals surface area contributed by atoms with E-state index in [1.807, 2.05) is 12.1 Å². The lowest BCUT2D eigenvalue weighted by molar-refractivity contribution is -0.137. The van der Waals surface area contributed by atoms with Crippen molar-refractivity contribution in [3.63, 3.8) is 0 Å². The highest BCUT2D eigenvalue weighted by Gasteiger charge is 2.22. The molecular formula is C31H39O5. The van der Waals surface area contributed by atoms with Crippen LogP contribution < -0.4 is 9.47 Å². The first-order chi connectivity index (χ1) is 17.6. The van der Waals surface area contributed by atoms with E-state index < -0.39 is 0 Å². The highest BCUT2D eigenvalue weighted by molar-refractivity contribution is 5.91. The molecule has 1 radical (unpaired) electrons. The molecule has 0 bridgehead atoms. The normalized spacial score (nSPS) is 14.2. The van der Waals surface area contributed by atoms with Crippen molar-refractivity contribution in [1.82, 2.24) is 0 Å². The molecule has 3 rings (SSSR count). The van der Waals surface area contributed by atoms with Gasteiger partial charge in [0.25, 0.3) is 0 Å². The van der Waals surface area contributed by atoms with E-state index in [9.17, 15) is 9.59 Å². The third-order valence-electron chi connectivity index (χ3n) is 6.67. The second-order valence-corrected chi connectivity index (χ2v) is 9.39. The minimum atomic E-state index is -0.377. The van der Waals surface area contributed by atoms with Crippen LogP contribution >= 0.6 is 0 Å². The Morgan fingerprint density at radius 3 is 2.17 bits per heavy atom. The Bertz CT molecular complexity index is 940. The standard InChI is InChI=1S/C31H39O5/c1-3-9-24-10-12-25(13-11-24)26-14-20-29(21-15-26)36-31(33)27-16-18-28(19-17-27)34-22-7-5-6-8-23-35-30(32)4-2/h4,14-21,25H,2-3,5-13,22-23H2,1H3. The molecule has 0 amide bonds. The summed E-state index contributed by atoms with van der Waals surface area (Å²) in [7, 11) is 0. The zero-order valence-corrected chi connectivity index (χ0v) is 21.5. The molecule has 36 heavy (non-hydrogen) atoms. The zero-order chi connectivity index (χ0) is 25.6. The number of carbonyl (C=O) groups excluding carboxylic acids is 2. The molecule has 2 aromatic rings. The SMILES string of the molecule is C=CC(=O)OCCCCCCOc1ccc(C(=O)Oc2ccc(C3CC[C](CCC)CC3)cc2)cc1. The fourth-order valence-electron chi connectivity index (χ4n) is 4.60. The second kappa shape index (κ2) is 15.1. The highest BCUT2D eigenvalue weighted by Crippen LogP contribution is 2.39. The summed E-state index contributed by atoms with van der Waals surface area (Å²) < 4.78 is 16.3. The summed E-state index contributed by atoms with van der Waals surface area (Å²) in [5, 5.41) is 0. The molecule has 0 heterocycles. The molecule has 0 N–H and O–H groups in total. The first kappa shape index (κ1) is 27.5. The molecule has 0 aromatic heterocycles. The highest BCUT2D eigenvalue weighted by atomic mass is 16.5. The van der Waals surface area contributed by atoms with Crippen LogP contribution in [0, 0.1) is 5.92 Å². The Morgan fingerprint density at radius 2 is 1.53 bits per heavy atom. The van der Waals surface area contributed by atoms with Gasteiger partial charge in [-0.15, -0.1) is 0 Å². The predicted octanol–water partition coefficient (Wildman–Crippen LogP) is 7.61. The van der Waals surface area contributed by atoms with Crippen LogP contribution in [0.5, 0.6) is 11.5 Å². The van der Waals surface area contributed by atoms with Gasteiger partial charge >= 0.3 is 11.9 Å². The zero-order valence-electron chi connectivity index (χ0n) is 21.5. The van der Waals surface area contributed by atoms with Gasteiger partial charge in [0.2, 0.25) is 0 Å². The Kier molecular flexibility index (Phi) is 11.6. The van der Waals surface area contributed by atoms with Crippen molar-refractivity contribution < 1.29 is 23.8 Å². The molecule has 1 aliphatic carbocycles. The minimum Gasteiger partial charge on any atom is -0.494 e. The topological polar surface area (TPSA) is 61.8 Å². The van der Waals surface area contributed by atoms with Crippen LogP contribution in [0.4, 0.5) is 0 Å². The largest absolute Gasteiger partial charge is 0.494 e. The number of ether oxygens (including phenoxy) is 3. The smallest absolute Gasteiger partial charge is 0.343 e. The number of hydrogen-bond acceptors (Lipinski definition) is 5. The Morgan fingerprint density at radius 1 is 0.889 bits per heavy atom. The summed E-state index contributed by atoms with van der Waals surface area (Å²) >= 11 is 0. The van der Waals surface area contributed by atoms with Gasteiger partial charge < -0.3 is 14.2 Å². The van der Waals surface area contributed by atoms with Crippen molar-refractivity contribution >= 4 is 11.9 Å². The van der Waals surface area contributed by atoms with Gasteiger partial charge in [-0.1, -0.05) is 32.1 Å². The Hall–Kier alpha value is -3.08. The van der Waals surface area contributed by atoms with E-state index in [1.54, 1.807) is 30.2 Å². The van der Waals surface area contributed by atoms with Crippen LogP contribution in [0.2, 0.25) is 0 Å². The molecule has 2 aromatic carbocycles. The number of hydrogen-bond donors (Lipinski definition) is 0. The fraction of sp³-hybridized carbons (Fsp3) is 0.452. The van der Waals surface area contributed by atoms with E-state index in [0.29, 0.717) is 30.4 Å². The molecule has 0 atom stereocenters. The summed E-state index contributed by atoms with van der Waals surface area (Å²) in [6.07, 6.45) is 12.3. The molecule has 0 unspecified atom stereocenters. The third-order valence-corrected chi connectivity index (χ3v) is 6.67. The maximum absolute atomic E-state index is 12.6.